The monoisotopic (exact) mass is 231 g/mol. The molecule has 0 amide bonds. The predicted molar refractivity (Wildman–Crippen MR) is 72.1 cm³/mol. The summed E-state index contributed by atoms with van der Waals surface area (Å²) in [5.74, 6) is 0.524. The highest BCUT2D eigenvalue weighted by Gasteiger charge is 2.22. The molecule has 0 saturated heterocycles. The molecule has 3 heteroatoms. The first kappa shape index (κ1) is 12.1. The summed E-state index contributed by atoms with van der Waals surface area (Å²) in [7, 11) is 1.94. The van der Waals surface area contributed by atoms with Crippen molar-refractivity contribution in [1.29, 1.82) is 0 Å². The van der Waals surface area contributed by atoms with E-state index >= 15 is 0 Å². The van der Waals surface area contributed by atoms with Gasteiger partial charge in [-0.3, -0.25) is 4.98 Å². The van der Waals surface area contributed by atoms with E-state index in [0.717, 1.165) is 24.9 Å². The van der Waals surface area contributed by atoms with Crippen LogP contribution in [0.1, 0.15) is 37.7 Å². The molecule has 2 atom stereocenters. The minimum absolute atomic E-state index is 0.196. The van der Waals surface area contributed by atoms with Gasteiger partial charge in [0, 0.05) is 19.3 Å². The molecular formula is C14H21N3. The quantitative estimate of drug-likeness (QED) is 0.786. The number of nitrogens with two attached hydrogens (primary N) is 1. The van der Waals surface area contributed by atoms with E-state index in [0.29, 0.717) is 5.92 Å². The summed E-state index contributed by atoms with van der Waals surface area (Å²) >= 11 is 0. The molecule has 0 aliphatic heterocycles. The fourth-order valence-electron chi connectivity index (χ4n) is 2.64. The number of hydrogen-bond acceptors (Lipinski definition) is 3. The topological polar surface area (TPSA) is 50.9 Å². The summed E-state index contributed by atoms with van der Waals surface area (Å²) in [6.45, 7) is 2.20. The summed E-state index contributed by atoms with van der Waals surface area (Å²) in [5, 5.41) is 3.22. The fourth-order valence-corrected chi connectivity index (χ4v) is 2.64. The zero-order valence-electron chi connectivity index (χ0n) is 10.6. The Labute approximate surface area is 103 Å². The third-order valence-electron chi connectivity index (χ3n) is 3.53. The fraction of sp³-hybridized carbons (Fsp3) is 0.500. The van der Waals surface area contributed by atoms with E-state index < -0.39 is 0 Å². The van der Waals surface area contributed by atoms with E-state index in [1.165, 1.54) is 11.1 Å². The van der Waals surface area contributed by atoms with Gasteiger partial charge < -0.3 is 11.1 Å². The summed E-state index contributed by atoms with van der Waals surface area (Å²) in [4.78, 5) is 4.16. The lowest BCUT2D eigenvalue weighted by molar-refractivity contribution is 0.537. The first-order chi connectivity index (χ1) is 8.24. The number of nitrogens with zero attached hydrogens (tertiary/aromatic N) is 1. The second kappa shape index (κ2) is 5.32. The van der Waals surface area contributed by atoms with Crippen molar-refractivity contribution in [3.8, 4) is 0 Å². The maximum absolute atomic E-state index is 6.11. The number of nitrogens with one attached hydrogen (secondary N) is 1. The molecule has 2 rings (SSSR count). The Morgan fingerprint density at radius 3 is 3.06 bits per heavy atom. The van der Waals surface area contributed by atoms with E-state index in [9.17, 15) is 0 Å². The highest BCUT2D eigenvalue weighted by Crippen LogP contribution is 2.36. The van der Waals surface area contributed by atoms with Crippen molar-refractivity contribution in [3.63, 3.8) is 0 Å². The zero-order valence-corrected chi connectivity index (χ0v) is 10.6. The van der Waals surface area contributed by atoms with Gasteiger partial charge in [0.15, 0.2) is 0 Å². The second-order valence-corrected chi connectivity index (χ2v) is 4.69. The van der Waals surface area contributed by atoms with Gasteiger partial charge in [-0.15, -0.1) is 0 Å². The molecule has 17 heavy (non-hydrogen) atoms. The smallest absolute Gasteiger partial charge is 0.0559 e. The van der Waals surface area contributed by atoms with Gasteiger partial charge in [-0.2, -0.15) is 0 Å². The minimum atomic E-state index is 0.196. The Kier molecular flexibility index (Phi) is 3.79. The Bertz CT molecular complexity index is 412. The summed E-state index contributed by atoms with van der Waals surface area (Å²) < 4.78 is 0. The molecule has 2 unspecified atom stereocenters. The van der Waals surface area contributed by atoms with Crippen LogP contribution in [0, 0.1) is 0 Å². The van der Waals surface area contributed by atoms with Crippen LogP contribution in [-0.4, -0.2) is 18.1 Å². The highest BCUT2D eigenvalue weighted by atomic mass is 14.8. The maximum atomic E-state index is 6.11. The van der Waals surface area contributed by atoms with Crippen LogP contribution in [-0.2, 0) is 0 Å². The van der Waals surface area contributed by atoms with Gasteiger partial charge in [0.25, 0.3) is 0 Å². The van der Waals surface area contributed by atoms with Gasteiger partial charge in [0.1, 0.15) is 0 Å². The molecule has 0 saturated carbocycles. The number of hydrogen-bond donors (Lipinski definition) is 2. The highest BCUT2D eigenvalue weighted by molar-refractivity contribution is 5.51. The molecule has 3 nitrogen and oxygen atoms in total. The first-order valence-corrected chi connectivity index (χ1v) is 6.31. The van der Waals surface area contributed by atoms with Crippen molar-refractivity contribution >= 4 is 5.69 Å². The summed E-state index contributed by atoms with van der Waals surface area (Å²) in [5.41, 5.74) is 10.1. The Morgan fingerprint density at radius 2 is 2.35 bits per heavy atom. The second-order valence-electron chi connectivity index (χ2n) is 4.69. The van der Waals surface area contributed by atoms with Gasteiger partial charge in [-0.25, -0.2) is 0 Å². The normalized spacial score (nSPS) is 24.3. The van der Waals surface area contributed by atoms with Gasteiger partial charge >= 0.3 is 0 Å². The zero-order chi connectivity index (χ0) is 12.3. The molecule has 1 aliphatic carbocycles. The molecule has 0 bridgehead atoms. The van der Waals surface area contributed by atoms with Gasteiger partial charge in [0.05, 0.1) is 11.9 Å². The Hall–Kier alpha value is -1.35. The van der Waals surface area contributed by atoms with E-state index in [1.54, 1.807) is 0 Å². The number of allylic oxidation sites excluding steroid dienone is 1. The van der Waals surface area contributed by atoms with Gasteiger partial charge in [0.2, 0.25) is 0 Å². The van der Waals surface area contributed by atoms with Crippen LogP contribution in [0.4, 0.5) is 5.69 Å². The summed E-state index contributed by atoms with van der Waals surface area (Å²) in [6, 6.07) is 2.31. The Morgan fingerprint density at radius 1 is 1.53 bits per heavy atom. The Balaban J connectivity index is 2.26. The van der Waals surface area contributed by atoms with Crippen LogP contribution < -0.4 is 11.1 Å². The van der Waals surface area contributed by atoms with Crippen molar-refractivity contribution < 1.29 is 0 Å². The third kappa shape index (κ3) is 2.67. The SMILES string of the molecule is CCC1=CC(N)CC(c2ccncc2NC)C1. The van der Waals surface area contributed by atoms with Crippen molar-refractivity contribution in [2.24, 2.45) is 5.73 Å². The third-order valence-corrected chi connectivity index (χ3v) is 3.53. The van der Waals surface area contributed by atoms with Crippen LogP contribution in [0.3, 0.4) is 0 Å². The van der Waals surface area contributed by atoms with Crippen LogP contribution in [0.25, 0.3) is 0 Å². The number of aromatic nitrogens is 1. The summed E-state index contributed by atoms with van der Waals surface area (Å²) in [6.07, 6.45) is 9.25. The molecule has 0 spiro atoms. The maximum Gasteiger partial charge on any atom is 0.0559 e. The molecule has 92 valence electrons. The first-order valence-electron chi connectivity index (χ1n) is 6.31. The van der Waals surface area contributed by atoms with Gasteiger partial charge in [-0.05, 0) is 36.8 Å². The largest absolute Gasteiger partial charge is 0.387 e. The van der Waals surface area contributed by atoms with Crippen molar-refractivity contribution in [2.75, 3.05) is 12.4 Å². The molecule has 1 aliphatic rings. The van der Waals surface area contributed by atoms with Gasteiger partial charge in [-0.1, -0.05) is 18.6 Å². The van der Waals surface area contributed by atoms with Crippen molar-refractivity contribution in [3.05, 3.63) is 35.7 Å². The van der Waals surface area contributed by atoms with E-state index in [2.05, 4.69) is 29.4 Å². The molecule has 1 aromatic heterocycles. The molecule has 1 heterocycles. The van der Waals surface area contributed by atoms with Crippen LogP contribution in [0.15, 0.2) is 30.1 Å². The lowest BCUT2D eigenvalue weighted by Crippen LogP contribution is -2.25. The standard InChI is InChI=1S/C14H21N3/c1-3-10-6-11(8-12(15)7-10)13-4-5-17-9-14(13)16-2/h4-5,7,9,11-12,16H,3,6,8,15H2,1-2H3. The van der Waals surface area contributed by atoms with Crippen molar-refractivity contribution in [2.45, 2.75) is 38.1 Å². The average molecular weight is 231 g/mol. The lowest BCUT2D eigenvalue weighted by Gasteiger charge is -2.28. The molecule has 0 radical (unpaired) electrons. The molecule has 0 aromatic carbocycles. The number of rotatable bonds is 3. The minimum Gasteiger partial charge on any atom is -0.387 e. The molecular weight excluding hydrogens is 210 g/mol. The van der Waals surface area contributed by atoms with Crippen molar-refractivity contribution in [1.82, 2.24) is 4.98 Å². The van der Waals surface area contributed by atoms with Crippen LogP contribution >= 0.6 is 0 Å². The molecule has 0 fully saturated rings. The lowest BCUT2D eigenvalue weighted by atomic mass is 9.81. The number of pyridine rings is 1. The predicted octanol–water partition coefficient (Wildman–Crippen LogP) is 2.66. The molecule has 1 aromatic rings. The van der Waals surface area contributed by atoms with E-state index in [-0.39, 0.29) is 6.04 Å². The van der Waals surface area contributed by atoms with E-state index in [4.69, 9.17) is 5.73 Å². The van der Waals surface area contributed by atoms with Crippen LogP contribution in [0.5, 0.6) is 0 Å². The average Bonchev–Trinajstić information content (AvgIpc) is 2.37. The van der Waals surface area contributed by atoms with E-state index in [1.807, 2.05) is 19.4 Å². The molecule has 3 N–H and O–H groups in total. The van der Waals surface area contributed by atoms with Crippen LogP contribution in [0.2, 0.25) is 0 Å². The number of anilines is 1.